The molecule has 0 aliphatic carbocycles. The molecule has 3 aromatic carbocycles. The fourth-order valence-electron chi connectivity index (χ4n) is 3.51. The molecule has 4 rings (SSSR count). The van der Waals surface area contributed by atoms with Crippen LogP contribution < -0.4 is 20.8 Å². The highest BCUT2D eigenvalue weighted by Crippen LogP contribution is 2.38. The molecule has 0 spiro atoms. The molecule has 0 fully saturated rings. The van der Waals surface area contributed by atoms with Crippen molar-refractivity contribution in [3.63, 3.8) is 0 Å². The standard InChI is InChI=1S/C27H20N4O3/c28-14-22-25(23(15-29)27(32)31-26(22)30)21-13-20(33-16-18-7-3-1-4-8-18)11-12-24(21)34-17-19-9-5-2-6-10-19/h1-13H,16-17H2,(H3,30,31,32). The number of anilines is 1. The summed E-state index contributed by atoms with van der Waals surface area (Å²) in [5.41, 5.74) is 7.39. The van der Waals surface area contributed by atoms with Gasteiger partial charge in [0, 0.05) is 11.1 Å². The summed E-state index contributed by atoms with van der Waals surface area (Å²) in [6.07, 6.45) is 0. The molecule has 0 atom stereocenters. The smallest absolute Gasteiger partial charge is 0.268 e. The zero-order valence-corrected chi connectivity index (χ0v) is 18.1. The minimum absolute atomic E-state index is 0.0130. The zero-order valence-electron chi connectivity index (χ0n) is 18.1. The van der Waals surface area contributed by atoms with Crippen LogP contribution in [-0.2, 0) is 13.2 Å². The van der Waals surface area contributed by atoms with Gasteiger partial charge in [0.15, 0.2) is 0 Å². The Balaban J connectivity index is 1.80. The number of ether oxygens (including phenoxy) is 2. The third kappa shape index (κ3) is 4.74. The molecule has 34 heavy (non-hydrogen) atoms. The summed E-state index contributed by atoms with van der Waals surface area (Å²) in [7, 11) is 0. The van der Waals surface area contributed by atoms with E-state index in [0.717, 1.165) is 11.1 Å². The number of aromatic nitrogens is 1. The highest BCUT2D eigenvalue weighted by atomic mass is 16.5. The monoisotopic (exact) mass is 448 g/mol. The molecule has 0 bridgehead atoms. The van der Waals surface area contributed by atoms with Gasteiger partial charge in [0.2, 0.25) is 0 Å². The molecule has 0 saturated heterocycles. The number of hydrogen-bond acceptors (Lipinski definition) is 6. The van der Waals surface area contributed by atoms with Gasteiger partial charge in [-0.3, -0.25) is 4.79 Å². The van der Waals surface area contributed by atoms with Crippen LogP contribution in [0.1, 0.15) is 22.3 Å². The van der Waals surface area contributed by atoms with Gasteiger partial charge in [-0.25, -0.2) is 0 Å². The molecule has 166 valence electrons. The van der Waals surface area contributed by atoms with Gasteiger partial charge in [-0.15, -0.1) is 0 Å². The molecule has 7 nitrogen and oxygen atoms in total. The lowest BCUT2D eigenvalue weighted by Gasteiger charge is -2.16. The molecule has 0 unspecified atom stereocenters. The van der Waals surface area contributed by atoms with Gasteiger partial charge in [0.25, 0.3) is 5.56 Å². The molecule has 3 N–H and O–H groups in total. The number of hydrogen-bond donors (Lipinski definition) is 2. The van der Waals surface area contributed by atoms with E-state index in [4.69, 9.17) is 15.2 Å². The molecule has 0 saturated carbocycles. The van der Waals surface area contributed by atoms with Crippen LogP contribution in [0.4, 0.5) is 5.82 Å². The first kappa shape index (κ1) is 22.2. The first-order chi connectivity index (χ1) is 16.6. The third-order valence-corrected chi connectivity index (χ3v) is 5.17. The van der Waals surface area contributed by atoms with Crippen molar-refractivity contribution in [1.29, 1.82) is 10.5 Å². The molecule has 4 aromatic rings. The maximum atomic E-state index is 12.5. The lowest BCUT2D eigenvalue weighted by molar-refractivity contribution is 0.298. The molecular formula is C27H20N4O3. The molecule has 1 aromatic heterocycles. The summed E-state index contributed by atoms with van der Waals surface area (Å²) < 4.78 is 12.0. The molecular weight excluding hydrogens is 428 g/mol. The summed E-state index contributed by atoms with van der Waals surface area (Å²) in [4.78, 5) is 14.8. The summed E-state index contributed by atoms with van der Waals surface area (Å²) in [5.74, 6) is 0.748. The SMILES string of the molecule is N#Cc1c(N)[nH]c(=O)c(C#N)c1-c1cc(OCc2ccccc2)ccc1OCc1ccccc1. The lowest BCUT2D eigenvalue weighted by atomic mass is 9.95. The molecule has 0 aliphatic rings. The number of benzene rings is 3. The largest absolute Gasteiger partial charge is 0.489 e. The second-order valence-corrected chi connectivity index (χ2v) is 7.42. The van der Waals surface area contributed by atoms with E-state index < -0.39 is 5.56 Å². The number of nitrogen functional groups attached to an aromatic ring is 1. The predicted octanol–water partition coefficient (Wildman–Crippen LogP) is 4.53. The van der Waals surface area contributed by atoms with E-state index in [9.17, 15) is 15.3 Å². The van der Waals surface area contributed by atoms with Gasteiger partial charge < -0.3 is 20.2 Å². The normalized spacial score (nSPS) is 10.2. The second-order valence-electron chi connectivity index (χ2n) is 7.42. The summed E-state index contributed by atoms with van der Waals surface area (Å²) in [6.45, 7) is 0.568. The van der Waals surface area contributed by atoms with Crippen molar-refractivity contribution < 1.29 is 9.47 Å². The summed E-state index contributed by atoms with van der Waals surface area (Å²) in [5, 5.41) is 19.5. The minimum Gasteiger partial charge on any atom is -0.489 e. The quantitative estimate of drug-likeness (QED) is 0.428. The first-order valence-electron chi connectivity index (χ1n) is 10.4. The van der Waals surface area contributed by atoms with E-state index in [1.807, 2.05) is 72.8 Å². The van der Waals surface area contributed by atoms with Gasteiger partial charge >= 0.3 is 0 Å². The van der Waals surface area contributed by atoms with E-state index in [1.165, 1.54) is 0 Å². The number of nitrogens with two attached hydrogens (primary N) is 1. The summed E-state index contributed by atoms with van der Waals surface area (Å²) in [6, 6.07) is 28.2. The van der Waals surface area contributed by atoms with Crippen LogP contribution in [0.25, 0.3) is 11.1 Å². The van der Waals surface area contributed by atoms with Gasteiger partial charge in [-0.1, -0.05) is 60.7 Å². The highest BCUT2D eigenvalue weighted by molar-refractivity contribution is 5.84. The Hall–Kier alpha value is -5.01. The van der Waals surface area contributed by atoms with Crippen molar-refractivity contribution in [3.05, 3.63) is 111 Å². The van der Waals surface area contributed by atoms with Gasteiger partial charge in [-0.2, -0.15) is 10.5 Å². The van der Waals surface area contributed by atoms with Gasteiger partial charge in [0.05, 0.1) is 0 Å². The Kier molecular flexibility index (Phi) is 6.58. The Morgan fingerprint density at radius 3 is 1.97 bits per heavy atom. The number of nitriles is 2. The molecule has 1 heterocycles. The Bertz CT molecular complexity index is 1450. The Morgan fingerprint density at radius 1 is 0.794 bits per heavy atom. The fourth-order valence-corrected chi connectivity index (χ4v) is 3.51. The number of pyridine rings is 1. The van der Waals surface area contributed by atoms with Crippen molar-refractivity contribution in [3.8, 4) is 34.8 Å². The molecule has 0 aliphatic heterocycles. The molecule has 0 amide bonds. The van der Waals surface area contributed by atoms with Crippen LogP contribution in [0.5, 0.6) is 11.5 Å². The third-order valence-electron chi connectivity index (χ3n) is 5.17. The predicted molar refractivity (Wildman–Crippen MR) is 128 cm³/mol. The maximum absolute atomic E-state index is 12.5. The van der Waals surface area contributed by atoms with Crippen LogP contribution in [0.15, 0.2) is 83.7 Å². The topological polar surface area (TPSA) is 125 Å². The highest BCUT2D eigenvalue weighted by Gasteiger charge is 2.22. The van der Waals surface area contributed by atoms with Crippen molar-refractivity contribution in [2.45, 2.75) is 13.2 Å². The van der Waals surface area contributed by atoms with Crippen molar-refractivity contribution in [1.82, 2.24) is 4.98 Å². The van der Waals surface area contributed by atoms with Crippen LogP contribution in [0.3, 0.4) is 0 Å². The van der Waals surface area contributed by atoms with Crippen molar-refractivity contribution >= 4 is 5.82 Å². The van der Waals surface area contributed by atoms with Crippen LogP contribution >= 0.6 is 0 Å². The van der Waals surface area contributed by atoms with Crippen LogP contribution in [0.2, 0.25) is 0 Å². The van der Waals surface area contributed by atoms with E-state index in [0.29, 0.717) is 23.7 Å². The van der Waals surface area contributed by atoms with E-state index >= 15 is 0 Å². The number of H-pyrrole nitrogens is 1. The molecule has 7 heteroatoms. The van der Waals surface area contributed by atoms with Gasteiger partial charge in [0.1, 0.15) is 53.8 Å². The van der Waals surface area contributed by atoms with Crippen LogP contribution in [-0.4, -0.2) is 4.98 Å². The molecule has 0 radical (unpaired) electrons. The van der Waals surface area contributed by atoms with E-state index in [1.54, 1.807) is 18.2 Å². The Morgan fingerprint density at radius 2 is 1.38 bits per heavy atom. The van der Waals surface area contributed by atoms with E-state index in [-0.39, 0.29) is 29.1 Å². The zero-order chi connectivity index (χ0) is 23.9. The average Bonchev–Trinajstić information content (AvgIpc) is 2.87. The average molecular weight is 448 g/mol. The fraction of sp³-hybridized carbons (Fsp3) is 0.0741. The van der Waals surface area contributed by atoms with Gasteiger partial charge in [-0.05, 0) is 29.3 Å². The van der Waals surface area contributed by atoms with Crippen molar-refractivity contribution in [2.75, 3.05) is 5.73 Å². The maximum Gasteiger partial charge on any atom is 0.268 e. The second kappa shape index (κ2) is 10.1. The number of rotatable bonds is 7. The lowest BCUT2D eigenvalue weighted by Crippen LogP contribution is -2.16. The number of aromatic amines is 1. The first-order valence-corrected chi connectivity index (χ1v) is 10.4. The number of nitrogens with one attached hydrogen (secondary N) is 1. The Labute approximate surface area is 196 Å². The number of nitrogens with zero attached hydrogens (tertiary/aromatic N) is 2. The minimum atomic E-state index is -0.682. The van der Waals surface area contributed by atoms with Crippen molar-refractivity contribution in [2.24, 2.45) is 0 Å². The van der Waals surface area contributed by atoms with Crippen LogP contribution in [0, 0.1) is 22.7 Å². The van der Waals surface area contributed by atoms with E-state index in [2.05, 4.69) is 4.98 Å². The summed E-state index contributed by atoms with van der Waals surface area (Å²) >= 11 is 0.